The average Bonchev–Trinajstić information content (AvgIpc) is 2.55. The van der Waals surface area contributed by atoms with Gasteiger partial charge in [-0.3, -0.25) is 9.69 Å². The zero-order chi connectivity index (χ0) is 17.6. The van der Waals surface area contributed by atoms with Crippen molar-refractivity contribution in [2.75, 3.05) is 39.0 Å². The number of carbonyl (C=O) groups excluding carboxylic acids is 1. The summed E-state index contributed by atoms with van der Waals surface area (Å²) in [5.74, 6) is -0.0263. The van der Waals surface area contributed by atoms with Gasteiger partial charge < -0.3 is 10.0 Å². The average molecular weight is 355 g/mol. The summed E-state index contributed by atoms with van der Waals surface area (Å²) in [6.45, 7) is 3.74. The molecular formula is C16H25N3O4S. The molecule has 0 bridgehead atoms. The fourth-order valence-electron chi connectivity index (χ4n) is 2.76. The van der Waals surface area contributed by atoms with Gasteiger partial charge in [-0.2, -0.15) is 0 Å². The van der Waals surface area contributed by atoms with Gasteiger partial charge in [0, 0.05) is 45.7 Å². The highest BCUT2D eigenvalue weighted by molar-refractivity contribution is 7.88. The summed E-state index contributed by atoms with van der Waals surface area (Å²) in [5, 5.41) is 9.38. The first-order valence-electron chi connectivity index (χ1n) is 8.01. The number of nitrogens with one attached hydrogen (secondary N) is 1. The van der Waals surface area contributed by atoms with Gasteiger partial charge in [-0.15, -0.1) is 0 Å². The molecule has 2 rings (SSSR count). The number of piperazine rings is 1. The molecule has 1 aromatic rings. The second-order valence-corrected chi connectivity index (χ2v) is 7.83. The summed E-state index contributed by atoms with van der Waals surface area (Å²) in [4.78, 5) is 16.1. The van der Waals surface area contributed by atoms with E-state index in [4.69, 9.17) is 0 Å². The normalized spacial score (nSPS) is 16.3. The predicted octanol–water partition coefficient (Wildman–Crippen LogP) is -0.238. The van der Waals surface area contributed by atoms with E-state index in [1.54, 1.807) is 4.90 Å². The monoisotopic (exact) mass is 355 g/mol. The van der Waals surface area contributed by atoms with Gasteiger partial charge in [-0.25, -0.2) is 13.1 Å². The van der Waals surface area contributed by atoms with Crippen molar-refractivity contribution >= 4 is 15.9 Å². The fraction of sp³-hybridized carbons (Fsp3) is 0.562. The van der Waals surface area contributed by atoms with Gasteiger partial charge >= 0.3 is 0 Å². The number of hydrogen-bond donors (Lipinski definition) is 2. The summed E-state index contributed by atoms with van der Waals surface area (Å²) in [6.07, 6.45) is 1.26. The van der Waals surface area contributed by atoms with Crippen LogP contribution in [0.3, 0.4) is 0 Å². The van der Waals surface area contributed by atoms with E-state index in [1.807, 2.05) is 24.3 Å². The maximum atomic E-state index is 12.1. The zero-order valence-corrected chi connectivity index (χ0v) is 14.8. The molecule has 1 amide bonds. The largest absolute Gasteiger partial charge is 0.392 e. The van der Waals surface area contributed by atoms with E-state index in [-0.39, 0.29) is 25.5 Å². The van der Waals surface area contributed by atoms with E-state index < -0.39 is 10.0 Å². The fourth-order valence-corrected chi connectivity index (χ4v) is 3.24. The smallest absolute Gasteiger partial charge is 0.223 e. The minimum Gasteiger partial charge on any atom is -0.392 e. The van der Waals surface area contributed by atoms with Crippen molar-refractivity contribution in [3.8, 4) is 0 Å². The third kappa shape index (κ3) is 5.86. The van der Waals surface area contributed by atoms with E-state index in [1.165, 1.54) is 0 Å². The van der Waals surface area contributed by atoms with Crippen LogP contribution in [0.5, 0.6) is 0 Å². The van der Waals surface area contributed by atoms with Gasteiger partial charge in [0.1, 0.15) is 0 Å². The number of aliphatic hydroxyl groups excluding tert-OH is 1. The molecule has 0 radical (unpaired) electrons. The Labute approximate surface area is 143 Å². The van der Waals surface area contributed by atoms with Crippen LogP contribution in [0.2, 0.25) is 0 Å². The molecular weight excluding hydrogens is 330 g/mol. The molecule has 8 heteroatoms. The molecule has 1 heterocycles. The van der Waals surface area contributed by atoms with Crippen molar-refractivity contribution in [1.82, 2.24) is 14.5 Å². The van der Waals surface area contributed by atoms with Crippen LogP contribution in [0.15, 0.2) is 24.3 Å². The summed E-state index contributed by atoms with van der Waals surface area (Å²) >= 11 is 0. The highest BCUT2D eigenvalue weighted by Crippen LogP contribution is 2.13. The number of amides is 1. The van der Waals surface area contributed by atoms with Gasteiger partial charge in [0.25, 0.3) is 0 Å². The molecule has 0 atom stereocenters. The molecule has 7 nitrogen and oxygen atoms in total. The van der Waals surface area contributed by atoms with Crippen LogP contribution >= 0.6 is 0 Å². The number of rotatable bonds is 7. The molecule has 1 aliphatic heterocycles. The van der Waals surface area contributed by atoms with Gasteiger partial charge in [0.15, 0.2) is 0 Å². The Kier molecular flexibility index (Phi) is 6.73. The minimum atomic E-state index is -3.25. The Hall–Kier alpha value is -1.48. The molecule has 24 heavy (non-hydrogen) atoms. The van der Waals surface area contributed by atoms with E-state index >= 15 is 0 Å². The van der Waals surface area contributed by atoms with Crippen molar-refractivity contribution in [2.45, 2.75) is 19.6 Å². The number of hydrogen-bond acceptors (Lipinski definition) is 5. The lowest BCUT2D eigenvalue weighted by molar-refractivity contribution is -0.132. The second kappa shape index (κ2) is 8.57. The van der Waals surface area contributed by atoms with Crippen LogP contribution in [0.1, 0.15) is 17.5 Å². The first-order valence-corrected chi connectivity index (χ1v) is 9.90. The summed E-state index contributed by atoms with van der Waals surface area (Å²) < 4.78 is 24.3. The molecule has 1 aromatic carbocycles. The van der Waals surface area contributed by atoms with Crippen LogP contribution in [0.4, 0.5) is 0 Å². The third-order valence-electron chi connectivity index (χ3n) is 4.11. The highest BCUT2D eigenvalue weighted by Gasteiger charge is 2.21. The highest BCUT2D eigenvalue weighted by atomic mass is 32.2. The summed E-state index contributed by atoms with van der Waals surface area (Å²) in [6, 6.07) is 7.81. The Bertz CT molecular complexity index is 655. The Morgan fingerprint density at radius 2 is 1.79 bits per heavy atom. The van der Waals surface area contributed by atoms with Crippen LogP contribution in [0, 0.1) is 0 Å². The molecule has 2 N–H and O–H groups in total. The van der Waals surface area contributed by atoms with Crippen LogP contribution < -0.4 is 4.72 Å². The minimum absolute atomic E-state index is 0.0263. The van der Waals surface area contributed by atoms with Crippen molar-refractivity contribution in [3.63, 3.8) is 0 Å². The number of sulfonamides is 1. The molecule has 0 aromatic heterocycles. The SMILES string of the molecule is CS(=O)(=O)NCCC(=O)N1CCN(Cc2ccccc2CO)CC1. The molecule has 1 saturated heterocycles. The molecule has 134 valence electrons. The molecule has 0 unspecified atom stereocenters. The van der Waals surface area contributed by atoms with E-state index in [9.17, 15) is 18.3 Å². The van der Waals surface area contributed by atoms with Gasteiger partial charge in [-0.05, 0) is 11.1 Å². The van der Waals surface area contributed by atoms with Gasteiger partial charge in [0.2, 0.25) is 15.9 Å². The van der Waals surface area contributed by atoms with E-state index in [0.29, 0.717) is 13.1 Å². The second-order valence-electron chi connectivity index (χ2n) is 6.00. The van der Waals surface area contributed by atoms with Crippen LogP contribution in [0.25, 0.3) is 0 Å². The molecule has 0 spiro atoms. The van der Waals surface area contributed by atoms with Crippen molar-refractivity contribution in [1.29, 1.82) is 0 Å². The lowest BCUT2D eigenvalue weighted by Crippen LogP contribution is -2.48. The van der Waals surface area contributed by atoms with Crippen LogP contribution in [-0.4, -0.2) is 68.2 Å². The first kappa shape index (κ1) is 18.9. The molecule has 1 fully saturated rings. The Balaban J connectivity index is 1.77. The summed E-state index contributed by atoms with van der Waals surface area (Å²) in [7, 11) is -3.25. The lowest BCUT2D eigenvalue weighted by Gasteiger charge is -2.35. The first-order chi connectivity index (χ1) is 11.4. The maximum Gasteiger partial charge on any atom is 0.223 e. The quantitative estimate of drug-likeness (QED) is 0.705. The zero-order valence-electron chi connectivity index (χ0n) is 13.9. The number of benzene rings is 1. The van der Waals surface area contributed by atoms with Crippen LogP contribution in [-0.2, 0) is 28.0 Å². The topological polar surface area (TPSA) is 90.0 Å². The lowest BCUT2D eigenvalue weighted by atomic mass is 10.1. The Morgan fingerprint density at radius 3 is 2.38 bits per heavy atom. The maximum absolute atomic E-state index is 12.1. The van der Waals surface area contributed by atoms with Crippen molar-refractivity contribution < 1.29 is 18.3 Å². The predicted molar refractivity (Wildman–Crippen MR) is 91.7 cm³/mol. The number of aliphatic hydroxyl groups is 1. The van der Waals surface area contributed by atoms with Gasteiger partial charge in [0.05, 0.1) is 12.9 Å². The molecule has 0 aliphatic carbocycles. The number of carbonyl (C=O) groups is 1. The van der Waals surface area contributed by atoms with Crippen molar-refractivity contribution in [3.05, 3.63) is 35.4 Å². The van der Waals surface area contributed by atoms with Crippen molar-refractivity contribution in [2.24, 2.45) is 0 Å². The Morgan fingerprint density at radius 1 is 1.17 bits per heavy atom. The standard InChI is InChI=1S/C16H25N3O4S/c1-24(22,23)17-7-6-16(21)19-10-8-18(9-11-19)12-14-4-2-3-5-15(14)13-20/h2-5,17,20H,6-13H2,1H3. The van der Waals surface area contributed by atoms with E-state index in [0.717, 1.165) is 37.0 Å². The molecule has 1 aliphatic rings. The van der Waals surface area contributed by atoms with E-state index in [2.05, 4.69) is 9.62 Å². The third-order valence-corrected chi connectivity index (χ3v) is 4.84. The summed E-state index contributed by atoms with van der Waals surface area (Å²) in [5.41, 5.74) is 2.04. The molecule has 0 saturated carbocycles. The number of nitrogens with zero attached hydrogens (tertiary/aromatic N) is 2. The van der Waals surface area contributed by atoms with Gasteiger partial charge in [-0.1, -0.05) is 24.3 Å².